The quantitative estimate of drug-likeness (QED) is 0.753. The lowest BCUT2D eigenvalue weighted by Gasteiger charge is -2.02. The van der Waals surface area contributed by atoms with E-state index in [2.05, 4.69) is 27.9 Å². The average molecular weight is 172 g/mol. The Hall–Kier alpha value is -1.64. The molecule has 1 aromatic heterocycles. The van der Waals surface area contributed by atoms with Gasteiger partial charge >= 0.3 is 0 Å². The van der Waals surface area contributed by atoms with Gasteiger partial charge in [0.1, 0.15) is 5.69 Å². The third-order valence-corrected chi connectivity index (χ3v) is 1.96. The number of nitrogens with one attached hydrogen (secondary N) is 1. The molecule has 0 amide bonds. The van der Waals surface area contributed by atoms with Crippen molar-refractivity contribution in [2.45, 2.75) is 6.92 Å². The zero-order chi connectivity index (χ0) is 9.10. The van der Waals surface area contributed by atoms with Crippen LogP contribution in [-0.2, 0) is 0 Å². The van der Waals surface area contributed by atoms with Crippen molar-refractivity contribution in [2.24, 2.45) is 0 Å². The molecule has 0 atom stereocenters. The van der Waals surface area contributed by atoms with Gasteiger partial charge in [-0.15, -0.1) is 5.10 Å². The Kier molecular flexibility index (Phi) is 2.08. The van der Waals surface area contributed by atoms with Gasteiger partial charge in [-0.2, -0.15) is 0 Å². The summed E-state index contributed by atoms with van der Waals surface area (Å²) in [6.45, 7) is 2.01. The van der Waals surface area contributed by atoms with E-state index in [-0.39, 0.29) is 0 Å². The van der Waals surface area contributed by atoms with E-state index < -0.39 is 0 Å². The molecule has 1 heterocycles. The molecule has 1 N–H and O–H groups in total. The predicted molar refractivity (Wildman–Crippen MR) is 50.9 cm³/mol. The maximum Gasteiger partial charge on any atom is 0.113 e. The Balaban J connectivity index is 2.51. The van der Waals surface area contributed by atoms with Gasteiger partial charge in [0.25, 0.3) is 0 Å². The van der Waals surface area contributed by atoms with Crippen LogP contribution >= 0.6 is 0 Å². The van der Waals surface area contributed by atoms with Crippen molar-refractivity contribution in [3.63, 3.8) is 0 Å². The summed E-state index contributed by atoms with van der Waals surface area (Å²) in [7, 11) is 0. The van der Waals surface area contributed by atoms with Crippen LogP contribution in [0.5, 0.6) is 0 Å². The Labute approximate surface area is 76.8 Å². The van der Waals surface area contributed by atoms with Crippen LogP contribution in [0.15, 0.2) is 30.5 Å². The normalized spacial score (nSPS) is 10.2. The summed E-state index contributed by atoms with van der Waals surface area (Å²) in [4.78, 5) is 0. The molecule has 3 nitrogen and oxygen atoms in total. The van der Waals surface area contributed by atoms with Crippen molar-refractivity contribution in [3.8, 4) is 11.3 Å². The fourth-order valence-corrected chi connectivity index (χ4v) is 1.32. The van der Waals surface area contributed by atoms with Crippen LogP contribution in [-0.4, -0.2) is 15.4 Å². The van der Waals surface area contributed by atoms with Gasteiger partial charge in [-0.3, -0.25) is 5.10 Å². The number of hydrogen-bond donors (Lipinski definition) is 1. The lowest BCUT2D eigenvalue weighted by atomic mass is 10.0. The summed E-state index contributed by atoms with van der Waals surface area (Å²) < 4.78 is 0. The maximum absolute atomic E-state index is 3.97. The van der Waals surface area contributed by atoms with Crippen LogP contribution in [0.4, 0.5) is 0 Å². The largest absolute Gasteiger partial charge is 0.265 e. The van der Waals surface area contributed by atoms with Crippen LogP contribution in [0.3, 0.4) is 0 Å². The fourth-order valence-electron chi connectivity index (χ4n) is 1.32. The average Bonchev–Trinajstić information content (AvgIpc) is 2.70. The molecule has 0 aliphatic heterocycles. The second kappa shape index (κ2) is 3.39. The van der Waals surface area contributed by atoms with Gasteiger partial charge in [-0.1, -0.05) is 36.4 Å². The van der Waals surface area contributed by atoms with Crippen LogP contribution in [0.1, 0.15) is 12.5 Å². The molecule has 0 aliphatic carbocycles. The van der Waals surface area contributed by atoms with E-state index in [0.29, 0.717) is 0 Å². The minimum atomic E-state index is 0.883. The van der Waals surface area contributed by atoms with E-state index in [1.54, 1.807) is 6.20 Å². The molecule has 0 fully saturated rings. The summed E-state index contributed by atoms with van der Waals surface area (Å²) in [5.74, 6) is 0. The Morgan fingerprint density at radius 1 is 1.31 bits per heavy atom. The molecule has 13 heavy (non-hydrogen) atoms. The number of aromatic nitrogens is 3. The van der Waals surface area contributed by atoms with Crippen molar-refractivity contribution >= 4 is 0 Å². The van der Waals surface area contributed by atoms with E-state index in [4.69, 9.17) is 0 Å². The first kappa shape index (κ1) is 7.98. The Morgan fingerprint density at radius 2 is 2.15 bits per heavy atom. The van der Waals surface area contributed by atoms with Crippen LogP contribution in [0.25, 0.3) is 11.3 Å². The van der Waals surface area contributed by atoms with Gasteiger partial charge in [0, 0.05) is 11.8 Å². The van der Waals surface area contributed by atoms with Crippen molar-refractivity contribution in [1.29, 1.82) is 0 Å². The zero-order valence-corrected chi connectivity index (χ0v) is 7.36. The number of hydrogen-bond acceptors (Lipinski definition) is 2. The van der Waals surface area contributed by atoms with E-state index in [9.17, 15) is 0 Å². The zero-order valence-electron chi connectivity index (χ0n) is 7.36. The summed E-state index contributed by atoms with van der Waals surface area (Å²) >= 11 is 0. The topological polar surface area (TPSA) is 41.6 Å². The maximum atomic E-state index is 3.97. The molecular weight excluding hydrogens is 162 g/mol. The lowest BCUT2D eigenvalue weighted by molar-refractivity contribution is 0.942. The molecule has 0 saturated carbocycles. The number of nitrogens with zero attached hydrogens (tertiary/aromatic N) is 2. The van der Waals surface area contributed by atoms with Gasteiger partial charge < -0.3 is 0 Å². The lowest BCUT2D eigenvalue weighted by Crippen LogP contribution is -1.85. The highest BCUT2D eigenvalue weighted by Gasteiger charge is 2.04. The fraction of sp³-hybridized carbons (Fsp3) is 0.100. The Morgan fingerprint density at radius 3 is 2.85 bits per heavy atom. The van der Waals surface area contributed by atoms with Crippen LogP contribution < -0.4 is 0 Å². The molecule has 2 rings (SSSR count). The van der Waals surface area contributed by atoms with E-state index >= 15 is 0 Å². The SMILES string of the molecule is C[CH]c1ccccc1-c1c[nH]nn1. The summed E-state index contributed by atoms with van der Waals surface area (Å²) in [5, 5.41) is 10.4. The second-order valence-corrected chi connectivity index (χ2v) is 2.73. The molecular formula is C10H10N3. The Bertz CT molecular complexity index is 379. The molecule has 2 aromatic rings. The van der Waals surface area contributed by atoms with Gasteiger partial charge in [0.05, 0.1) is 0 Å². The van der Waals surface area contributed by atoms with E-state index in [0.717, 1.165) is 11.3 Å². The first-order valence-electron chi connectivity index (χ1n) is 4.17. The molecule has 65 valence electrons. The monoisotopic (exact) mass is 172 g/mol. The van der Waals surface area contributed by atoms with Gasteiger partial charge in [-0.25, -0.2) is 0 Å². The highest BCUT2D eigenvalue weighted by atomic mass is 15.3. The number of aromatic amines is 1. The summed E-state index contributed by atoms with van der Waals surface area (Å²) in [6.07, 6.45) is 3.85. The molecule has 0 spiro atoms. The van der Waals surface area contributed by atoms with Crippen molar-refractivity contribution in [1.82, 2.24) is 15.4 Å². The van der Waals surface area contributed by atoms with E-state index in [1.165, 1.54) is 5.56 Å². The van der Waals surface area contributed by atoms with Gasteiger partial charge in [0.2, 0.25) is 0 Å². The third-order valence-electron chi connectivity index (χ3n) is 1.96. The van der Waals surface area contributed by atoms with Crippen molar-refractivity contribution in [3.05, 3.63) is 42.4 Å². The highest BCUT2D eigenvalue weighted by molar-refractivity contribution is 5.64. The van der Waals surface area contributed by atoms with Gasteiger partial charge in [-0.05, 0) is 12.0 Å². The second-order valence-electron chi connectivity index (χ2n) is 2.73. The van der Waals surface area contributed by atoms with Crippen molar-refractivity contribution < 1.29 is 0 Å². The molecule has 0 saturated heterocycles. The minimum absolute atomic E-state index is 0.883. The van der Waals surface area contributed by atoms with Gasteiger partial charge in [0.15, 0.2) is 0 Å². The number of benzene rings is 1. The third kappa shape index (κ3) is 1.45. The summed E-state index contributed by atoms with van der Waals surface area (Å²) in [5.41, 5.74) is 3.17. The molecule has 1 aromatic carbocycles. The standard InChI is InChI=1S/C10H10N3/c1-2-8-5-3-4-6-9(8)10-7-11-13-12-10/h2-7H,1H3,(H,11,12,13). The summed E-state index contributed by atoms with van der Waals surface area (Å²) in [6, 6.07) is 8.10. The first-order valence-corrected chi connectivity index (χ1v) is 4.17. The smallest absolute Gasteiger partial charge is 0.113 e. The molecule has 0 unspecified atom stereocenters. The van der Waals surface area contributed by atoms with E-state index in [1.807, 2.05) is 25.1 Å². The predicted octanol–water partition coefficient (Wildman–Crippen LogP) is 2.04. The van der Waals surface area contributed by atoms with Crippen LogP contribution in [0.2, 0.25) is 0 Å². The van der Waals surface area contributed by atoms with Crippen molar-refractivity contribution in [2.75, 3.05) is 0 Å². The molecule has 3 heteroatoms. The molecule has 1 radical (unpaired) electrons. The molecule has 0 bridgehead atoms. The minimum Gasteiger partial charge on any atom is -0.265 e. The van der Waals surface area contributed by atoms with Crippen LogP contribution in [0, 0.1) is 6.42 Å². The number of H-pyrrole nitrogens is 1. The number of rotatable bonds is 2. The molecule has 0 aliphatic rings. The highest BCUT2D eigenvalue weighted by Crippen LogP contribution is 2.21. The first-order chi connectivity index (χ1) is 6.42.